The van der Waals surface area contributed by atoms with Crippen molar-refractivity contribution in [3.63, 3.8) is 0 Å². The van der Waals surface area contributed by atoms with Crippen molar-refractivity contribution in [2.45, 2.75) is 13.0 Å². The van der Waals surface area contributed by atoms with Crippen LogP contribution in [-0.2, 0) is 17.8 Å². The molecule has 0 bridgehead atoms. The molecule has 0 aliphatic rings. The second kappa shape index (κ2) is 10.7. The lowest BCUT2D eigenvalue weighted by molar-refractivity contribution is -0.385. The Bertz CT molecular complexity index is 1120. The number of nitrogens with one attached hydrogen (secondary N) is 1. The maximum Gasteiger partial charge on any atom is 0.282 e. The van der Waals surface area contributed by atoms with Crippen LogP contribution < -0.4 is 14.9 Å². The molecule has 0 aliphatic carbocycles. The van der Waals surface area contributed by atoms with Gasteiger partial charge in [0.2, 0.25) is 5.91 Å². The summed E-state index contributed by atoms with van der Waals surface area (Å²) in [6, 6.07) is 17.5. The second-order valence-corrected chi connectivity index (χ2v) is 6.69. The zero-order chi connectivity index (χ0) is 22.9. The zero-order valence-corrected chi connectivity index (χ0v) is 17.2. The highest BCUT2D eigenvalue weighted by Crippen LogP contribution is 2.34. The Hall–Kier alpha value is -4.27. The Kier molecular flexibility index (Phi) is 7.47. The Morgan fingerprint density at radius 1 is 1.09 bits per heavy atom. The van der Waals surface area contributed by atoms with Crippen LogP contribution in [0, 0.1) is 15.9 Å². The number of hydrogen-bond acceptors (Lipinski definition) is 6. The smallest absolute Gasteiger partial charge is 0.282 e. The molecule has 3 aromatic rings. The van der Waals surface area contributed by atoms with Crippen LogP contribution in [0.1, 0.15) is 16.7 Å². The lowest BCUT2D eigenvalue weighted by Gasteiger charge is -2.12. The fourth-order valence-electron chi connectivity index (χ4n) is 2.84. The average Bonchev–Trinajstić information content (AvgIpc) is 2.79. The third kappa shape index (κ3) is 6.11. The van der Waals surface area contributed by atoms with E-state index in [1.54, 1.807) is 0 Å². The number of carbonyl (C=O) groups is 1. The first kappa shape index (κ1) is 22.4. The van der Waals surface area contributed by atoms with Gasteiger partial charge in [0.15, 0.2) is 11.5 Å². The Morgan fingerprint density at radius 2 is 1.81 bits per heavy atom. The van der Waals surface area contributed by atoms with Crippen molar-refractivity contribution in [2.24, 2.45) is 5.10 Å². The third-order valence-electron chi connectivity index (χ3n) is 4.42. The van der Waals surface area contributed by atoms with Gasteiger partial charge in [0, 0.05) is 0 Å². The summed E-state index contributed by atoms with van der Waals surface area (Å²) in [5.41, 5.74) is 3.67. The minimum atomic E-state index is -0.573. The molecule has 0 saturated heterocycles. The number of nitro groups is 1. The molecule has 0 spiro atoms. The first-order valence-electron chi connectivity index (χ1n) is 9.55. The molecule has 0 fully saturated rings. The van der Waals surface area contributed by atoms with Crippen molar-refractivity contribution in [1.82, 2.24) is 5.43 Å². The van der Waals surface area contributed by atoms with Crippen molar-refractivity contribution in [2.75, 3.05) is 7.11 Å². The fraction of sp³-hybridized carbons (Fsp3) is 0.130. The van der Waals surface area contributed by atoms with E-state index in [9.17, 15) is 19.3 Å². The Labute approximate surface area is 183 Å². The first-order valence-corrected chi connectivity index (χ1v) is 9.55. The third-order valence-corrected chi connectivity index (χ3v) is 4.42. The minimum absolute atomic E-state index is 0.0186. The monoisotopic (exact) mass is 437 g/mol. The maximum atomic E-state index is 12.9. The van der Waals surface area contributed by atoms with Gasteiger partial charge in [-0.1, -0.05) is 42.5 Å². The lowest BCUT2D eigenvalue weighted by Crippen LogP contribution is -2.19. The number of benzene rings is 3. The van der Waals surface area contributed by atoms with Gasteiger partial charge >= 0.3 is 0 Å². The number of nitro benzene ring substituents is 1. The predicted molar refractivity (Wildman–Crippen MR) is 116 cm³/mol. The number of hydrazone groups is 1. The van der Waals surface area contributed by atoms with Gasteiger partial charge in [0.25, 0.3) is 5.69 Å². The highest BCUT2D eigenvalue weighted by Gasteiger charge is 2.19. The SMILES string of the molecule is COc1cc(/C=N/NC(=O)Cc2ccc(F)cc2)c([N+](=O)[O-])cc1OCc1ccccc1. The molecule has 8 nitrogen and oxygen atoms in total. The summed E-state index contributed by atoms with van der Waals surface area (Å²) in [4.78, 5) is 23.0. The summed E-state index contributed by atoms with van der Waals surface area (Å²) in [5.74, 6) is -0.360. The molecule has 0 aliphatic heterocycles. The fourth-order valence-corrected chi connectivity index (χ4v) is 2.84. The summed E-state index contributed by atoms with van der Waals surface area (Å²) in [6.07, 6.45) is 1.14. The van der Waals surface area contributed by atoms with Crippen LogP contribution in [0.4, 0.5) is 10.1 Å². The van der Waals surface area contributed by atoms with E-state index in [0.717, 1.165) is 11.8 Å². The number of ether oxygens (including phenoxy) is 2. The molecule has 0 radical (unpaired) electrons. The molecule has 1 amide bonds. The quantitative estimate of drug-likeness (QED) is 0.309. The van der Waals surface area contributed by atoms with E-state index in [2.05, 4.69) is 10.5 Å². The zero-order valence-electron chi connectivity index (χ0n) is 17.2. The molecule has 1 N–H and O–H groups in total. The van der Waals surface area contributed by atoms with Gasteiger partial charge in [0.1, 0.15) is 12.4 Å². The Balaban J connectivity index is 1.72. The number of rotatable bonds is 9. The summed E-state index contributed by atoms with van der Waals surface area (Å²) in [7, 11) is 1.42. The molecule has 164 valence electrons. The van der Waals surface area contributed by atoms with E-state index in [1.807, 2.05) is 30.3 Å². The van der Waals surface area contributed by atoms with E-state index >= 15 is 0 Å². The first-order chi connectivity index (χ1) is 15.5. The predicted octanol–water partition coefficient (Wildman–Crippen LogP) is 4.01. The lowest BCUT2D eigenvalue weighted by atomic mass is 10.1. The van der Waals surface area contributed by atoms with Gasteiger partial charge in [-0.15, -0.1) is 0 Å². The number of halogens is 1. The van der Waals surface area contributed by atoms with E-state index in [-0.39, 0.29) is 35.8 Å². The normalized spacial score (nSPS) is 10.7. The largest absolute Gasteiger partial charge is 0.493 e. The maximum absolute atomic E-state index is 12.9. The summed E-state index contributed by atoms with van der Waals surface area (Å²) < 4.78 is 23.9. The molecule has 9 heteroatoms. The van der Waals surface area contributed by atoms with E-state index in [1.165, 1.54) is 43.5 Å². The average molecular weight is 437 g/mol. The number of methoxy groups -OCH3 is 1. The van der Waals surface area contributed by atoms with Crippen molar-refractivity contribution in [1.29, 1.82) is 0 Å². The van der Waals surface area contributed by atoms with Crippen LogP contribution >= 0.6 is 0 Å². The molecular formula is C23H20FN3O5. The van der Waals surface area contributed by atoms with Gasteiger partial charge in [0.05, 0.1) is 36.3 Å². The summed E-state index contributed by atoms with van der Waals surface area (Å²) >= 11 is 0. The summed E-state index contributed by atoms with van der Waals surface area (Å²) in [6.45, 7) is 0.210. The van der Waals surface area contributed by atoms with Crippen molar-refractivity contribution in [3.8, 4) is 11.5 Å². The van der Waals surface area contributed by atoms with Crippen molar-refractivity contribution in [3.05, 3.63) is 99.4 Å². The molecule has 0 aromatic heterocycles. The summed E-state index contributed by atoms with van der Waals surface area (Å²) in [5, 5.41) is 15.3. The molecule has 3 aromatic carbocycles. The molecule has 3 rings (SSSR count). The van der Waals surface area contributed by atoms with Crippen LogP contribution in [0.25, 0.3) is 0 Å². The number of hydrogen-bond donors (Lipinski definition) is 1. The molecular weight excluding hydrogens is 417 g/mol. The van der Waals surface area contributed by atoms with Crippen molar-refractivity contribution < 1.29 is 23.6 Å². The van der Waals surface area contributed by atoms with E-state index in [4.69, 9.17) is 9.47 Å². The van der Waals surface area contributed by atoms with E-state index < -0.39 is 16.6 Å². The Morgan fingerprint density at radius 3 is 2.47 bits per heavy atom. The van der Waals surface area contributed by atoms with Crippen molar-refractivity contribution >= 4 is 17.8 Å². The highest BCUT2D eigenvalue weighted by molar-refractivity contribution is 5.88. The van der Waals surface area contributed by atoms with Crippen LogP contribution in [0.2, 0.25) is 0 Å². The number of nitrogens with zero attached hydrogens (tertiary/aromatic N) is 2. The molecule has 0 unspecified atom stereocenters. The molecule has 0 saturated carbocycles. The van der Waals surface area contributed by atoms with Crippen LogP contribution in [0.5, 0.6) is 11.5 Å². The van der Waals surface area contributed by atoms with Crippen LogP contribution in [-0.4, -0.2) is 24.2 Å². The topological polar surface area (TPSA) is 103 Å². The molecule has 0 heterocycles. The van der Waals surface area contributed by atoms with Crippen LogP contribution in [0.15, 0.2) is 71.8 Å². The van der Waals surface area contributed by atoms with Crippen LogP contribution in [0.3, 0.4) is 0 Å². The van der Waals surface area contributed by atoms with Gasteiger partial charge in [-0.25, -0.2) is 9.82 Å². The molecule has 32 heavy (non-hydrogen) atoms. The van der Waals surface area contributed by atoms with Gasteiger partial charge in [-0.05, 0) is 29.3 Å². The number of carbonyl (C=O) groups excluding carboxylic acids is 1. The van der Waals surface area contributed by atoms with Gasteiger partial charge < -0.3 is 9.47 Å². The van der Waals surface area contributed by atoms with Gasteiger partial charge in [-0.2, -0.15) is 5.10 Å². The molecule has 0 atom stereocenters. The standard InChI is InChI=1S/C23H20FN3O5/c1-31-21-12-18(14-25-26-23(28)11-16-7-9-19(24)10-8-16)20(27(29)30)13-22(21)32-15-17-5-3-2-4-6-17/h2-10,12-14H,11,15H2,1H3,(H,26,28)/b25-14+. The second-order valence-electron chi connectivity index (χ2n) is 6.69. The number of amides is 1. The van der Waals surface area contributed by atoms with E-state index in [0.29, 0.717) is 5.56 Å². The minimum Gasteiger partial charge on any atom is -0.493 e. The van der Waals surface area contributed by atoms with Gasteiger partial charge in [-0.3, -0.25) is 14.9 Å². The highest BCUT2D eigenvalue weighted by atomic mass is 19.1.